The molecule has 0 spiro atoms. The zero-order chi connectivity index (χ0) is 13.1. The van der Waals surface area contributed by atoms with Gasteiger partial charge in [0, 0.05) is 49.5 Å². The fourth-order valence-corrected chi connectivity index (χ4v) is 3.53. The number of rotatable bonds is 3. The minimum absolute atomic E-state index is 0. The maximum atomic E-state index is 4.12. The van der Waals surface area contributed by atoms with E-state index in [0.717, 1.165) is 26.2 Å². The molecule has 1 saturated heterocycles. The van der Waals surface area contributed by atoms with Crippen molar-refractivity contribution in [2.45, 2.75) is 19.5 Å². The van der Waals surface area contributed by atoms with Gasteiger partial charge in [0.05, 0.1) is 0 Å². The Morgan fingerprint density at radius 1 is 1.35 bits per heavy atom. The fourth-order valence-electron chi connectivity index (χ4n) is 2.60. The van der Waals surface area contributed by atoms with Crippen molar-refractivity contribution in [1.82, 2.24) is 15.2 Å². The highest BCUT2D eigenvalue weighted by molar-refractivity contribution is 7.10. The number of piperazine rings is 1. The topological polar surface area (TPSA) is 28.2 Å². The molecule has 1 atom stereocenters. The molecule has 3 rings (SSSR count). The summed E-state index contributed by atoms with van der Waals surface area (Å²) >= 11 is 1.87. The summed E-state index contributed by atoms with van der Waals surface area (Å²) in [6.07, 6.45) is 3.77. The first-order valence-electron chi connectivity index (χ1n) is 6.72. The van der Waals surface area contributed by atoms with Crippen LogP contribution in [0.25, 0.3) is 0 Å². The molecule has 0 aromatic carbocycles. The van der Waals surface area contributed by atoms with E-state index in [1.165, 1.54) is 16.0 Å². The summed E-state index contributed by atoms with van der Waals surface area (Å²) in [6, 6.07) is 6.93. The first-order valence-corrected chi connectivity index (χ1v) is 7.60. The first kappa shape index (κ1) is 15.4. The summed E-state index contributed by atoms with van der Waals surface area (Å²) in [5.41, 5.74) is 2.77. The summed E-state index contributed by atoms with van der Waals surface area (Å²) in [6.45, 7) is 6.46. The van der Waals surface area contributed by atoms with Gasteiger partial charge in [-0.15, -0.1) is 23.7 Å². The van der Waals surface area contributed by atoms with E-state index in [1.54, 1.807) is 0 Å². The monoisotopic (exact) mass is 309 g/mol. The van der Waals surface area contributed by atoms with E-state index in [1.807, 2.05) is 23.7 Å². The molecule has 0 radical (unpaired) electrons. The number of hydrogen-bond donors (Lipinski definition) is 1. The van der Waals surface area contributed by atoms with Gasteiger partial charge in [-0.2, -0.15) is 0 Å². The van der Waals surface area contributed by atoms with Crippen molar-refractivity contribution in [3.8, 4) is 0 Å². The van der Waals surface area contributed by atoms with Crippen LogP contribution in [0.4, 0.5) is 0 Å². The van der Waals surface area contributed by atoms with Gasteiger partial charge in [0.1, 0.15) is 0 Å². The Labute approximate surface area is 130 Å². The molecule has 1 unspecified atom stereocenters. The Morgan fingerprint density at radius 3 is 2.85 bits per heavy atom. The van der Waals surface area contributed by atoms with Crippen LogP contribution in [0.5, 0.6) is 0 Å². The largest absolute Gasteiger partial charge is 0.314 e. The molecule has 2 aromatic heterocycles. The van der Waals surface area contributed by atoms with Gasteiger partial charge in [0.2, 0.25) is 0 Å². The predicted molar refractivity (Wildman–Crippen MR) is 86.6 cm³/mol. The van der Waals surface area contributed by atoms with Gasteiger partial charge < -0.3 is 5.32 Å². The van der Waals surface area contributed by atoms with Crippen LogP contribution in [0.3, 0.4) is 0 Å². The molecule has 0 aliphatic carbocycles. The van der Waals surface area contributed by atoms with Gasteiger partial charge in [0.25, 0.3) is 0 Å². The van der Waals surface area contributed by atoms with Crippen LogP contribution in [-0.4, -0.2) is 29.5 Å². The standard InChI is InChI=1S/C15H19N3S.ClH/c1-12-4-9-19-15(12)11-18-8-7-17-10-14(18)13-2-5-16-6-3-13;/h2-6,9,14,17H,7-8,10-11H2,1H3;1H. The van der Waals surface area contributed by atoms with E-state index in [4.69, 9.17) is 0 Å². The molecule has 3 heterocycles. The first-order chi connectivity index (χ1) is 9.34. The van der Waals surface area contributed by atoms with Crippen LogP contribution in [0.1, 0.15) is 22.0 Å². The Kier molecular flexibility index (Phi) is 5.54. The van der Waals surface area contributed by atoms with Crippen LogP contribution in [0.2, 0.25) is 0 Å². The van der Waals surface area contributed by atoms with Crippen LogP contribution in [-0.2, 0) is 6.54 Å². The van der Waals surface area contributed by atoms with E-state index in [-0.39, 0.29) is 12.4 Å². The summed E-state index contributed by atoms with van der Waals surface area (Å²) in [7, 11) is 0. The summed E-state index contributed by atoms with van der Waals surface area (Å²) in [5.74, 6) is 0. The lowest BCUT2D eigenvalue weighted by atomic mass is 10.0. The minimum atomic E-state index is 0. The number of hydrogen-bond acceptors (Lipinski definition) is 4. The quantitative estimate of drug-likeness (QED) is 0.944. The Hall–Kier alpha value is -0.940. The van der Waals surface area contributed by atoms with Crippen molar-refractivity contribution in [1.29, 1.82) is 0 Å². The second-order valence-corrected chi connectivity index (χ2v) is 6.00. The van der Waals surface area contributed by atoms with Crippen molar-refractivity contribution in [3.05, 3.63) is 52.0 Å². The molecule has 1 fully saturated rings. The molecule has 1 aliphatic rings. The normalized spacial score (nSPS) is 19.6. The van der Waals surface area contributed by atoms with Gasteiger partial charge in [-0.3, -0.25) is 9.88 Å². The summed E-state index contributed by atoms with van der Waals surface area (Å²) < 4.78 is 0. The van der Waals surface area contributed by atoms with Crippen LogP contribution < -0.4 is 5.32 Å². The zero-order valence-electron chi connectivity index (χ0n) is 11.6. The molecule has 108 valence electrons. The number of aromatic nitrogens is 1. The minimum Gasteiger partial charge on any atom is -0.314 e. The second kappa shape index (κ2) is 7.18. The Bertz CT molecular complexity index is 529. The molecule has 5 heteroatoms. The molecule has 0 amide bonds. The van der Waals surface area contributed by atoms with Gasteiger partial charge >= 0.3 is 0 Å². The number of nitrogens with one attached hydrogen (secondary N) is 1. The lowest BCUT2D eigenvalue weighted by molar-refractivity contribution is 0.155. The molecule has 2 aromatic rings. The van der Waals surface area contributed by atoms with Crippen molar-refractivity contribution in [2.24, 2.45) is 0 Å². The third-order valence-electron chi connectivity index (χ3n) is 3.76. The van der Waals surface area contributed by atoms with Crippen molar-refractivity contribution in [2.75, 3.05) is 19.6 Å². The van der Waals surface area contributed by atoms with Crippen LogP contribution in [0, 0.1) is 6.92 Å². The summed E-state index contributed by atoms with van der Waals surface area (Å²) in [4.78, 5) is 8.18. The molecular weight excluding hydrogens is 290 g/mol. The summed E-state index contributed by atoms with van der Waals surface area (Å²) in [5, 5.41) is 5.69. The highest BCUT2D eigenvalue weighted by Gasteiger charge is 2.24. The molecule has 1 aliphatic heterocycles. The van der Waals surface area contributed by atoms with Gasteiger partial charge in [-0.1, -0.05) is 0 Å². The Balaban J connectivity index is 0.00000147. The highest BCUT2D eigenvalue weighted by Crippen LogP contribution is 2.26. The molecule has 0 saturated carbocycles. The maximum Gasteiger partial charge on any atom is 0.0478 e. The third-order valence-corrected chi connectivity index (χ3v) is 4.77. The Morgan fingerprint density at radius 2 is 2.15 bits per heavy atom. The molecule has 3 nitrogen and oxygen atoms in total. The maximum absolute atomic E-state index is 4.12. The number of aryl methyl sites for hydroxylation is 1. The second-order valence-electron chi connectivity index (χ2n) is 5.00. The van der Waals surface area contributed by atoms with E-state index < -0.39 is 0 Å². The molecule has 1 N–H and O–H groups in total. The number of pyridine rings is 1. The fraction of sp³-hybridized carbons (Fsp3) is 0.400. The molecular formula is C15H20ClN3S. The number of nitrogens with zero attached hydrogens (tertiary/aromatic N) is 2. The van der Waals surface area contributed by atoms with Gasteiger partial charge in [-0.25, -0.2) is 0 Å². The van der Waals surface area contributed by atoms with E-state index in [2.05, 4.69) is 45.7 Å². The third kappa shape index (κ3) is 3.38. The average molecular weight is 310 g/mol. The highest BCUT2D eigenvalue weighted by atomic mass is 35.5. The van der Waals surface area contributed by atoms with Crippen molar-refractivity contribution < 1.29 is 0 Å². The lowest BCUT2D eigenvalue weighted by Crippen LogP contribution is -2.45. The smallest absolute Gasteiger partial charge is 0.0478 e. The number of thiophene rings is 1. The van der Waals surface area contributed by atoms with Crippen LogP contribution >= 0.6 is 23.7 Å². The zero-order valence-corrected chi connectivity index (χ0v) is 13.2. The van der Waals surface area contributed by atoms with E-state index >= 15 is 0 Å². The van der Waals surface area contributed by atoms with E-state index in [9.17, 15) is 0 Å². The molecule has 20 heavy (non-hydrogen) atoms. The predicted octanol–water partition coefficient (Wildman–Crippen LogP) is 3.02. The van der Waals surface area contributed by atoms with Crippen molar-refractivity contribution in [3.63, 3.8) is 0 Å². The average Bonchev–Trinajstić information content (AvgIpc) is 2.86. The van der Waals surface area contributed by atoms with E-state index in [0.29, 0.717) is 6.04 Å². The van der Waals surface area contributed by atoms with Crippen LogP contribution in [0.15, 0.2) is 36.0 Å². The number of halogens is 1. The SMILES string of the molecule is Cc1ccsc1CN1CCNCC1c1ccncc1.Cl. The van der Waals surface area contributed by atoms with Crippen molar-refractivity contribution >= 4 is 23.7 Å². The molecule has 0 bridgehead atoms. The van der Waals surface area contributed by atoms with Gasteiger partial charge in [-0.05, 0) is 41.6 Å². The lowest BCUT2D eigenvalue weighted by Gasteiger charge is -2.36. The van der Waals surface area contributed by atoms with Gasteiger partial charge in [0.15, 0.2) is 0 Å².